The van der Waals surface area contributed by atoms with Gasteiger partial charge in [-0.3, -0.25) is 9.59 Å². The summed E-state index contributed by atoms with van der Waals surface area (Å²) >= 11 is 0. The minimum absolute atomic E-state index is 0.0896. The van der Waals surface area contributed by atoms with Crippen LogP contribution in [0.15, 0.2) is 162 Å². The molecular weight excluding hydrogens is 1060 g/mol. The molecule has 85 heavy (non-hydrogen) atoms. The van der Waals surface area contributed by atoms with Gasteiger partial charge in [0, 0.05) is 104 Å². The summed E-state index contributed by atoms with van der Waals surface area (Å²) in [6, 6.07) is 38.9. The number of amides is 2. The largest absolute Gasteiger partial charge is 0.399 e. The summed E-state index contributed by atoms with van der Waals surface area (Å²) in [5.74, 6) is -0.180. The number of carbonyl (C=O) groups excluding carboxylic acids is 2. The zero-order valence-electron chi connectivity index (χ0n) is 49.9. The van der Waals surface area contributed by atoms with Crippen LogP contribution in [-0.2, 0) is 0 Å². The Morgan fingerprint density at radius 1 is 0.518 bits per heavy atom. The Kier molecular flexibility index (Phi) is 19.3. The molecule has 1 aliphatic rings. The lowest BCUT2D eigenvalue weighted by Gasteiger charge is -2.19. The first-order valence-electron chi connectivity index (χ1n) is 29.4. The second kappa shape index (κ2) is 27.5. The van der Waals surface area contributed by atoms with Gasteiger partial charge in [0.25, 0.3) is 11.8 Å². The molecule has 0 fully saturated rings. The molecule has 0 radical (unpaired) electrons. The Balaban J connectivity index is 0.657. The van der Waals surface area contributed by atoms with Crippen molar-refractivity contribution < 1.29 is 14.2 Å². The number of nitrogen functional groups attached to an aromatic ring is 4. The van der Waals surface area contributed by atoms with Crippen molar-refractivity contribution in [3.05, 3.63) is 185 Å². The molecule has 0 bridgehead atoms. The first-order valence-corrected chi connectivity index (χ1v) is 29.4. The highest BCUT2D eigenvalue weighted by molar-refractivity contribution is 6.13. The summed E-state index contributed by atoms with van der Waals surface area (Å²) in [5.41, 5.74) is 47.3. The van der Waals surface area contributed by atoms with Gasteiger partial charge < -0.3 is 60.2 Å². The maximum absolute atomic E-state index is 13.1. The summed E-state index contributed by atoms with van der Waals surface area (Å²) in [4.78, 5) is 36.3. The van der Waals surface area contributed by atoms with Crippen LogP contribution in [-0.4, -0.2) is 62.8 Å². The van der Waals surface area contributed by atoms with Gasteiger partial charge in [-0.2, -0.15) is 0 Å². The molecule has 9 rings (SSSR count). The second-order valence-corrected chi connectivity index (χ2v) is 22.0. The van der Waals surface area contributed by atoms with Crippen molar-refractivity contribution in [2.24, 2.45) is 4.99 Å². The molecule has 0 spiro atoms. The normalized spacial score (nSPS) is 12.7. The van der Waals surface area contributed by atoms with Crippen LogP contribution in [0.25, 0.3) is 38.9 Å². The molecule has 0 atom stereocenters. The van der Waals surface area contributed by atoms with Crippen molar-refractivity contribution >= 4 is 96.5 Å². The molecule has 438 valence electrons. The average molecular weight is 1140 g/mol. The number of hydrogen-bond acceptors (Lipinski definition) is 13. The van der Waals surface area contributed by atoms with E-state index in [9.17, 15) is 9.59 Å². The molecule has 0 unspecified atom stereocenters. The molecule has 0 saturated heterocycles. The number of nitrogens with zero attached hydrogens (tertiary/aromatic N) is 3. The van der Waals surface area contributed by atoms with E-state index >= 15 is 0 Å². The lowest BCUT2D eigenvalue weighted by atomic mass is 9.98. The van der Waals surface area contributed by atoms with Gasteiger partial charge in [0.05, 0.1) is 28.5 Å². The first kappa shape index (κ1) is 59.8. The fourth-order valence-electron chi connectivity index (χ4n) is 10.7. The molecular formula is C69H81N14O2+. The molecule has 2 amide bonds. The Bertz CT molecular complexity index is 3880. The SMILES string of the molecule is C=C1C=C(NCCCCCCNC(=O)c2ccc(-c3ccc(C(=O)NCCCCCCNc4cc5c(cc4C)nc4cc(C)c(NC)cc4[n+]5-c4ccc(N)cc4N)cc3)cc2)C(C)=C/C1=N/c1cc(C)c(NC)cc1Nc1ccc(N)cc1N. The molecule has 16 nitrogen and oxygen atoms in total. The van der Waals surface area contributed by atoms with E-state index in [0.717, 1.165) is 177 Å². The van der Waals surface area contributed by atoms with Crippen LogP contribution in [0.3, 0.4) is 0 Å². The van der Waals surface area contributed by atoms with Gasteiger partial charge in [0.15, 0.2) is 0 Å². The number of aryl methyl sites for hydroxylation is 3. The topological polar surface area (TPSA) is 252 Å². The summed E-state index contributed by atoms with van der Waals surface area (Å²) < 4.78 is 2.18. The zero-order chi connectivity index (χ0) is 60.1. The van der Waals surface area contributed by atoms with Crippen molar-refractivity contribution in [1.82, 2.24) is 20.9 Å². The molecule has 0 aliphatic heterocycles. The number of unbranched alkanes of at least 4 members (excludes halogenated alkanes) is 6. The Morgan fingerprint density at radius 3 is 1.59 bits per heavy atom. The summed E-state index contributed by atoms with van der Waals surface area (Å²) in [6.45, 7) is 15.5. The Labute approximate surface area is 499 Å². The van der Waals surface area contributed by atoms with Crippen LogP contribution in [0.1, 0.15) is 95.7 Å². The van der Waals surface area contributed by atoms with Gasteiger partial charge in [0.2, 0.25) is 16.7 Å². The van der Waals surface area contributed by atoms with E-state index in [-0.39, 0.29) is 11.8 Å². The predicted molar refractivity (Wildman–Crippen MR) is 356 cm³/mol. The Morgan fingerprint density at radius 2 is 1.02 bits per heavy atom. The summed E-state index contributed by atoms with van der Waals surface area (Å²) in [6.07, 6.45) is 12.0. The first-order chi connectivity index (χ1) is 41.1. The van der Waals surface area contributed by atoms with Crippen molar-refractivity contribution in [2.75, 3.05) is 84.5 Å². The predicted octanol–water partition coefficient (Wildman–Crippen LogP) is 12.9. The lowest BCUT2D eigenvalue weighted by Crippen LogP contribution is -2.34. The van der Waals surface area contributed by atoms with Crippen LogP contribution in [0, 0.1) is 20.8 Å². The van der Waals surface area contributed by atoms with E-state index in [4.69, 9.17) is 32.9 Å². The van der Waals surface area contributed by atoms with Crippen molar-refractivity contribution in [3.8, 4) is 16.8 Å². The van der Waals surface area contributed by atoms with E-state index in [2.05, 4.69) is 106 Å². The number of nitrogens with two attached hydrogens (primary N) is 4. The van der Waals surface area contributed by atoms with Crippen LogP contribution < -0.4 is 64.7 Å². The molecule has 1 aromatic heterocycles. The highest BCUT2D eigenvalue weighted by atomic mass is 16.2. The molecule has 0 saturated carbocycles. The maximum Gasteiger partial charge on any atom is 0.251 e. The molecule has 16 heteroatoms. The van der Waals surface area contributed by atoms with Gasteiger partial charge in [0.1, 0.15) is 16.7 Å². The number of allylic oxidation sites excluding steroid dienone is 4. The smallest absolute Gasteiger partial charge is 0.251 e. The van der Waals surface area contributed by atoms with Crippen molar-refractivity contribution in [3.63, 3.8) is 0 Å². The number of anilines is 9. The van der Waals surface area contributed by atoms with Crippen LogP contribution >= 0.6 is 0 Å². The summed E-state index contributed by atoms with van der Waals surface area (Å²) in [7, 11) is 3.82. The number of hydrogen-bond donors (Lipinski definition) is 11. The molecule has 1 heterocycles. The third kappa shape index (κ3) is 14.7. The third-order valence-corrected chi connectivity index (χ3v) is 15.6. The molecule has 8 aromatic rings. The second-order valence-electron chi connectivity index (χ2n) is 22.0. The van der Waals surface area contributed by atoms with Gasteiger partial charge in [-0.15, -0.1) is 4.57 Å². The number of nitrogens with one attached hydrogen (secondary N) is 7. The van der Waals surface area contributed by atoms with Crippen molar-refractivity contribution in [2.45, 2.75) is 79.1 Å². The Hall–Kier alpha value is -9.83. The monoisotopic (exact) mass is 1140 g/mol. The van der Waals surface area contributed by atoms with Gasteiger partial charge in [-0.05, 0) is 183 Å². The average Bonchev–Trinajstić information content (AvgIpc) is 3.02. The van der Waals surface area contributed by atoms with Gasteiger partial charge in [-0.25, -0.2) is 9.98 Å². The van der Waals surface area contributed by atoms with E-state index in [1.54, 1.807) is 12.1 Å². The highest BCUT2D eigenvalue weighted by Gasteiger charge is 2.25. The number of carbonyl (C=O) groups is 2. The number of aliphatic imine (C=N–C) groups is 1. The lowest BCUT2D eigenvalue weighted by molar-refractivity contribution is -0.537. The van der Waals surface area contributed by atoms with Gasteiger partial charge >= 0.3 is 0 Å². The number of fused-ring (bicyclic) bond motifs is 2. The fourth-order valence-corrected chi connectivity index (χ4v) is 10.7. The molecule has 7 aromatic carbocycles. The van der Waals surface area contributed by atoms with E-state index in [1.807, 2.05) is 106 Å². The number of benzene rings is 7. The van der Waals surface area contributed by atoms with E-state index < -0.39 is 0 Å². The van der Waals surface area contributed by atoms with E-state index in [0.29, 0.717) is 47.0 Å². The molecule has 15 N–H and O–H groups in total. The fraction of sp³-hybridized carbons (Fsp3) is 0.261. The molecule has 1 aliphatic carbocycles. The van der Waals surface area contributed by atoms with Crippen molar-refractivity contribution in [1.29, 1.82) is 0 Å². The van der Waals surface area contributed by atoms with E-state index in [1.165, 1.54) is 0 Å². The summed E-state index contributed by atoms with van der Waals surface area (Å²) in [5, 5.41) is 23.5. The van der Waals surface area contributed by atoms with Crippen LogP contribution in [0.2, 0.25) is 0 Å². The third-order valence-electron chi connectivity index (χ3n) is 15.6. The standard InChI is InChI=1S/C69H80N14O2/c1-42-34-61(62(39-56(42)74-6)80-55-26-24-51(70)37-53(55)72)81-60-33-44(3)58(32-46(60)5)76-28-12-8-10-14-30-78-68(84)49-20-16-47(17-21-49)48-18-22-50(23-19-48)69(85)79-31-15-11-9-13-29-77-59-41-67-64(36-45(59)4)82-63-35-43(2)57(75-7)40-66(63)83(67)65-27-25-52(71)38-54(65)73/h16-27,32-41,74,76H,5,8-15,28-31,71,73H2,1-4,6-7H3,(H8,70,72,75,77,78,79,80,82,84,85)/p+1/b81-60-. The zero-order valence-corrected chi connectivity index (χ0v) is 49.9. The minimum Gasteiger partial charge on any atom is -0.399 e. The number of aromatic nitrogens is 2. The minimum atomic E-state index is -0.0899. The van der Waals surface area contributed by atoms with Crippen LogP contribution in [0.5, 0.6) is 0 Å². The highest BCUT2D eigenvalue weighted by Crippen LogP contribution is 2.37. The van der Waals surface area contributed by atoms with Crippen LogP contribution in [0.4, 0.5) is 56.9 Å². The quantitative estimate of drug-likeness (QED) is 0.0111. The maximum atomic E-state index is 13.1. The number of rotatable bonds is 25. The van der Waals surface area contributed by atoms with Gasteiger partial charge in [-0.1, -0.05) is 56.5 Å².